The standard InChI is InChI=1S/C13H9NO3/c15-14(16)12-7-3-6-11-10-5-2-1-4-9(10)8-17-13(11)12/h1-7H,8H2. The van der Waals surface area contributed by atoms with Crippen molar-refractivity contribution in [2.45, 2.75) is 6.61 Å². The molecule has 1 aliphatic rings. The first-order valence-electron chi connectivity index (χ1n) is 5.26. The molecule has 17 heavy (non-hydrogen) atoms. The van der Waals surface area contributed by atoms with Crippen LogP contribution >= 0.6 is 0 Å². The van der Waals surface area contributed by atoms with Crippen molar-refractivity contribution in [3.05, 3.63) is 58.1 Å². The van der Waals surface area contributed by atoms with Crippen molar-refractivity contribution in [1.82, 2.24) is 0 Å². The van der Waals surface area contributed by atoms with Gasteiger partial charge in [0.2, 0.25) is 5.75 Å². The first-order chi connectivity index (χ1) is 8.27. The molecule has 0 spiro atoms. The normalized spacial score (nSPS) is 12.2. The molecule has 0 radical (unpaired) electrons. The van der Waals surface area contributed by atoms with E-state index in [9.17, 15) is 10.1 Å². The zero-order valence-corrected chi connectivity index (χ0v) is 8.92. The van der Waals surface area contributed by atoms with Crippen LogP contribution in [-0.4, -0.2) is 4.92 Å². The first kappa shape index (κ1) is 9.84. The minimum absolute atomic E-state index is 0.0250. The number of ether oxygens (including phenoxy) is 1. The molecule has 0 saturated carbocycles. The number of rotatable bonds is 1. The monoisotopic (exact) mass is 227 g/mol. The fourth-order valence-corrected chi connectivity index (χ4v) is 2.09. The van der Waals surface area contributed by atoms with E-state index in [1.54, 1.807) is 6.07 Å². The number of nitro benzene ring substituents is 1. The Kier molecular flexibility index (Phi) is 2.08. The van der Waals surface area contributed by atoms with Gasteiger partial charge in [0.05, 0.1) is 4.92 Å². The number of benzene rings is 2. The zero-order valence-electron chi connectivity index (χ0n) is 8.92. The van der Waals surface area contributed by atoms with Gasteiger partial charge in [-0.2, -0.15) is 0 Å². The van der Waals surface area contributed by atoms with E-state index in [1.165, 1.54) is 6.07 Å². The SMILES string of the molecule is O=[N+]([O-])c1cccc2c1OCc1ccccc1-2. The van der Waals surface area contributed by atoms with Crippen LogP contribution in [0, 0.1) is 10.1 Å². The van der Waals surface area contributed by atoms with E-state index >= 15 is 0 Å². The fourth-order valence-electron chi connectivity index (χ4n) is 2.09. The predicted molar refractivity (Wildman–Crippen MR) is 62.9 cm³/mol. The zero-order chi connectivity index (χ0) is 11.8. The highest BCUT2D eigenvalue weighted by Gasteiger charge is 2.24. The molecule has 0 saturated heterocycles. The molecule has 2 aromatic rings. The summed E-state index contributed by atoms with van der Waals surface area (Å²) in [6.07, 6.45) is 0. The van der Waals surface area contributed by atoms with E-state index in [2.05, 4.69) is 0 Å². The van der Waals surface area contributed by atoms with Gasteiger partial charge in [0.25, 0.3) is 0 Å². The van der Waals surface area contributed by atoms with E-state index in [4.69, 9.17) is 4.74 Å². The van der Waals surface area contributed by atoms with Gasteiger partial charge >= 0.3 is 5.69 Å². The Bertz CT molecular complexity index is 607. The lowest BCUT2D eigenvalue weighted by molar-refractivity contribution is -0.385. The molecule has 0 unspecified atom stereocenters. The summed E-state index contributed by atoms with van der Waals surface area (Å²) in [7, 11) is 0. The minimum atomic E-state index is -0.410. The van der Waals surface area contributed by atoms with Gasteiger partial charge in [-0.25, -0.2) is 0 Å². The third-order valence-electron chi connectivity index (χ3n) is 2.87. The highest BCUT2D eigenvalue weighted by Crippen LogP contribution is 2.42. The summed E-state index contributed by atoms with van der Waals surface area (Å²) in [5.41, 5.74) is 2.89. The van der Waals surface area contributed by atoms with Crippen LogP contribution in [0.1, 0.15) is 5.56 Å². The molecule has 0 N–H and O–H groups in total. The van der Waals surface area contributed by atoms with Crippen LogP contribution in [0.2, 0.25) is 0 Å². The Morgan fingerprint density at radius 1 is 1.06 bits per heavy atom. The largest absolute Gasteiger partial charge is 0.481 e. The van der Waals surface area contributed by atoms with Crippen LogP contribution in [-0.2, 0) is 6.61 Å². The van der Waals surface area contributed by atoms with Gasteiger partial charge in [-0.3, -0.25) is 10.1 Å². The Balaban J connectivity index is 2.27. The van der Waals surface area contributed by atoms with Gasteiger partial charge < -0.3 is 4.74 Å². The third kappa shape index (κ3) is 1.45. The van der Waals surface area contributed by atoms with Crippen molar-refractivity contribution >= 4 is 5.69 Å². The molecule has 0 fully saturated rings. The van der Waals surface area contributed by atoms with Gasteiger partial charge in [-0.1, -0.05) is 36.4 Å². The van der Waals surface area contributed by atoms with Crippen LogP contribution in [0.3, 0.4) is 0 Å². The molecule has 0 bridgehead atoms. The van der Waals surface area contributed by atoms with Crippen molar-refractivity contribution in [2.24, 2.45) is 0 Å². The maximum atomic E-state index is 10.9. The topological polar surface area (TPSA) is 52.4 Å². The van der Waals surface area contributed by atoms with Crippen LogP contribution in [0.15, 0.2) is 42.5 Å². The molecule has 2 aromatic carbocycles. The van der Waals surface area contributed by atoms with E-state index < -0.39 is 4.92 Å². The smallest absolute Gasteiger partial charge is 0.311 e. The molecule has 1 aliphatic heterocycles. The average molecular weight is 227 g/mol. The Hall–Kier alpha value is -2.36. The van der Waals surface area contributed by atoms with Gasteiger partial charge in [0.1, 0.15) is 6.61 Å². The molecule has 0 atom stereocenters. The van der Waals surface area contributed by atoms with Crippen LogP contribution < -0.4 is 4.74 Å². The molecule has 0 aromatic heterocycles. The van der Waals surface area contributed by atoms with Crippen LogP contribution in [0.25, 0.3) is 11.1 Å². The summed E-state index contributed by atoms with van der Waals surface area (Å²) >= 11 is 0. The first-order valence-corrected chi connectivity index (χ1v) is 5.26. The number of fused-ring (bicyclic) bond motifs is 3. The summed E-state index contributed by atoms with van der Waals surface area (Å²) in [5, 5.41) is 10.9. The van der Waals surface area contributed by atoms with Gasteiger partial charge in [-0.15, -0.1) is 0 Å². The fraction of sp³-hybridized carbons (Fsp3) is 0.0769. The summed E-state index contributed by atoms with van der Waals surface area (Å²) in [4.78, 5) is 10.5. The maximum Gasteiger partial charge on any atom is 0.311 e. The van der Waals surface area contributed by atoms with Crippen molar-refractivity contribution in [3.8, 4) is 16.9 Å². The molecule has 3 rings (SSSR count). The average Bonchev–Trinajstić information content (AvgIpc) is 2.37. The Morgan fingerprint density at radius 3 is 2.65 bits per heavy atom. The number of hydrogen-bond acceptors (Lipinski definition) is 3. The van der Waals surface area contributed by atoms with Gasteiger partial charge in [-0.05, 0) is 11.1 Å². The lowest BCUT2D eigenvalue weighted by Crippen LogP contribution is -2.07. The Morgan fingerprint density at radius 2 is 1.82 bits per heavy atom. The quantitative estimate of drug-likeness (QED) is 0.555. The number of nitro groups is 1. The van der Waals surface area contributed by atoms with Crippen molar-refractivity contribution < 1.29 is 9.66 Å². The molecular formula is C13H9NO3. The number of para-hydroxylation sites is 1. The van der Waals surface area contributed by atoms with E-state index in [1.807, 2.05) is 30.3 Å². The van der Waals surface area contributed by atoms with Crippen molar-refractivity contribution in [3.63, 3.8) is 0 Å². The van der Waals surface area contributed by atoms with Crippen LogP contribution in [0.4, 0.5) is 5.69 Å². The summed E-state index contributed by atoms with van der Waals surface area (Å²) < 4.78 is 5.50. The Labute approximate surface area is 97.6 Å². The second-order valence-electron chi connectivity index (χ2n) is 3.86. The molecule has 0 amide bonds. The van der Waals surface area contributed by atoms with E-state index in [0.717, 1.165) is 16.7 Å². The molecule has 84 valence electrons. The van der Waals surface area contributed by atoms with E-state index in [0.29, 0.717) is 12.4 Å². The summed E-state index contributed by atoms with van der Waals surface area (Å²) in [6, 6.07) is 12.8. The molecule has 1 heterocycles. The maximum absolute atomic E-state index is 10.9. The lowest BCUT2D eigenvalue weighted by Gasteiger charge is -2.20. The lowest BCUT2D eigenvalue weighted by atomic mass is 9.96. The second-order valence-corrected chi connectivity index (χ2v) is 3.86. The molecule has 0 aliphatic carbocycles. The second kappa shape index (κ2) is 3.59. The number of hydrogen-bond donors (Lipinski definition) is 0. The van der Waals surface area contributed by atoms with Crippen molar-refractivity contribution in [1.29, 1.82) is 0 Å². The summed E-state index contributed by atoms with van der Waals surface area (Å²) in [5.74, 6) is 0.371. The number of nitrogens with zero attached hydrogens (tertiary/aromatic N) is 1. The molecular weight excluding hydrogens is 218 g/mol. The highest BCUT2D eigenvalue weighted by atomic mass is 16.6. The molecule has 4 nitrogen and oxygen atoms in total. The third-order valence-corrected chi connectivity index (χ3v) is 2.87. The van der Waals surface area contributed by atoms with Crippen molar-refractivity contribution in [2.75, 3.05) is 0 Å². The summed E-state index contributed by atoms with van der Waals surface area (Å²) in [6.45, 7) is 0.383. The van der Waals surface area contributed by atoms with Gasteiger partial charge in [0, 0.05) is 11.6 Å². The minimum Gasteiger partial charge on any atom is -0.481 e. The molecule has 4 heteroatoms. The predicted octanol–water partition coefficient (Wildman–Crippen LogP) is 3.15. The van der Waals surface area contributed by atoms with Crippen LogP contribution in [0.5, 0.6) is 5.75 Å². The van der Waals surface area contributed by atoms with E-state index in [-0.39, 0.29) is 5.69 Å². The van der Waals surface area contributed by atoms with Gasteiger partial charge in [0.15, 0.2) is 0 Å². The highest BCUT2D eigenvalue weighted by molar-refractivity contribution is 5.79.